The lowest BCUT2D eigenvalue weighted by molar-refractivity contribution is -0.142. The minimum Gasteiger partial charge on any atom is -0.493 e. The second kappa shape index (κ2) is 9.89. The van der Waals surface area contributed by atoms with Gasteiger partial charge in [-0.2, -0.15) is 0 Å². The van der Waals surface area contributed by atoms with Gasteiger partial charge in [-0.25, -0.2) is 0 Å². The van der Waals surface area contributed by atoms with Crippen LogP contribution in [0.4, 0.5) is 5.69 Å². The first-order valence-corrected chi connectivity index (χ1v) is 14.2. The molecule has 214 valence electrons. The van der Waals surface area contributed by atoms with Crippen molar-refractivity contribution in [2.45, 2.75) is 24.4 Å². The van der Waals surface area contributed by atoms with Crippen LogP contribution in [0.1, 0.15) is 16.7 Å². The molecule has 0 bridgehead atoms. The molecule has 0 radical (unpaired) electrons. The molecule has 7 rings (SSSR count). The lowest BCUT2D eigenvalue weighted by Gasteiger charge is -2.29. The molecule has 0 saturated carbocycles. The van der Waals surface area contributed by atoms with Crippen LogP contribution in [0.25, 0.3) is 10.9 Å². The van der Waals surface area contributed by atoms with Crippen molar-refractivity contribution in [3.8, 4) is 11.5 Å². The van der Waals surface area contributed by atoms with Crippen molar-refractivity contribution in [1.29, 1.82) is 0 Å². The summed E-state index contributed by atoms with van der Waals surface area (Å²) in [6, 6.07) is 18.3. The van der Waals surface area contributed by atoms with Crippen LogP contribution in [-0.2, 0) is 32.8 Å². The molecule has 4 heterocycles. The molecule has 0 unspecified atom stereocenters. The fraction of sp³-hybridized carbons (Fsp3) is 0.281. The Morgan fingerprint density at radius 1 is 0.952 bits per heavy atom. The number of H-pyrrole nitrogens is 1. The normalized spacial score (nSPS) is 24.4. The number of para-hydroxylation sites is 2. The van der Waals surface area contributed by atoms with Gasteiger partial charge in [-0.05, 0) is 48.2 Å². The molecule has 3 aliphatic rings. The molecule has 42 heavy (non-hydrogen) atoms. The van der Waals surface area contributed by atoms with Crippen LogP contribution >= 0.6 is 11.6 Å². The zero-order valence-electron chi connectivity index (χ0n) is 23.1. The highest BCUT2D eigenvalue weighted by atomic mass is 35.5. The van der Waals surface area contributed by atoms with Gasteiger partial charge in [0.15, 0.2) is 11.5 Å². The van der Waals surface area contributed by atoms with E-state index in [2.05, 4.69) is 15.6 Å². The van der Waals surface area contributed by atoms with Crippen LogP contribution in [0.5, 0.6) is 11.5 Å². The van der Waals surface area contributed by atoms with Crippen molar-refractivity contribution in [2.75, 3.05) is 26.1 Å². The van der Waals surface area contributed by atoms with Gasteiger partial charge in [-0.1, -0.05) is 48.0 Å². The first-order chi connectivity index (χ1) is 20.4. The first kappa shape index (κ1) is 26.6. The monoisotopic (exact) mass is 584 g/mol. The number of hydrogen-bond acceptors (Lipinski definition) is 6. The lowest BCUT2D eigenvalue weighted by Crippen LogP contribution is -2.53. The second-order valence-corrected chi connectivity index (χ2v) is 11.4. The molecule has 10 heteroatoms. The smallest absolute Gasteiger partial charge is 0.250 e. The number of methoxy groups -OCH3 is 2. The third kappa shape index (κ3) is 3.77. The number of fused-ring (bicyclic) bond motifs is 5. The number of halogens is 1. The number of nitrogens with zero attached hydrogens (tertiary/aromatic N) is 1. The molecule has 4 aromatic rings. The largest absolute Gasteiger partial charge is 0.493 e. The lowest BCUT2D eigenvalue weighted by atomic mass is 9.76. The highest BCUT2D eigenvalue weighted by Crippen LogP contribution is 2.54. The molecular weight excluding hydrogens is 556 g/mol. The summed E-state index contributed by atoms with van der Waals surface area (Å²) in [6.07, 6.45) is 2.82. The van der Waals surface area contributed by atoms with Gasteiger partial charge in [0.25, 0.3) is 0 Å². The zero-order chi connectivity index (χ0) is 29.2. The van der Waals surface area contributed by atoms with Crippen LogP contribution in [0.3, 0.4) is 0 Å². The Morgan fingerprint density at radius 3 is 2.57 bits per heavy atom. The molecule has 3 amide bonds. The van der Waals surface area contributed by atoms with Gasteiger partial charge in [0.05, 0.1) is 36.8 Å². The molecule has 2 fully saturated rings. The highest BCUT2D eigenvalue weighted by Gasteiger charge is 2.70. The Morgan fingerprint density at radius 2 is 1.76 bits per heavy atom. The summed E-state index contributed by atoms with van der Waals surface area (Å²) in [6.45, 7) is 0.181. The van der Waals surface area contributed by atoms with Crippen LogP contribution < -0.4 is 20.1 Å². The van der Waals surface area contributed by atoms with E-state index >= 15 is 0 Å². The van der Waals surface area contributed by atoms with E-state index in [-0.39, 0.29) is 24.3 Å². The number of likely N-dealkylation sites (tertiary alicyclic amines) is 1. The molecule has 9 nitrogen and oxygen atoms in total. The summed E-state index contributed by atoms with van der Waals surface area (Å²) >= 11 is 6.49. The third-order valence-electron chi connectivity index (χ3n) is 8.98. The number of nitrogens with one attached hydrogen (secondary N) is 3. The van der Waals surface area contributed by atoms with E-state index in [1.54, 1.807) is 38.5 Å². The number of carbonyl (C=O) groups excluding carboxylic acids is 3. The first-order valence-electron chi connectivity index (χ1n) is 13.9. The quantitative estimate of drug-likeness (QED) is 0.283. The van der Waals surface area contributed by atoms with Crippen LogP contribution in [0.2, 0.25) is 5.02 Å². The van der Waals surface area contributed by atoms with Gasteiger partial charge < -0.3 is 19.8 Å². The van der Waals surface area contributed by atoms with E-state index in [0.29, 0.717) is 40.6 Å². The number of carbonyl (C=O) groups is 3. The Labute approximate surface area is 247 Å². The van der Waals surface area contributed by atoms with Crippen LogP contribution in [0, 0.1) is 11.8 Å². The Hall–Kier alpha value is -4.34. The molecule has 2 saturated heterocycles. The van der Waals surface area contributed by atoms with Gasteiger partial charge >= 0.3 is 0 Å². The van der Waals surface area contributed by atoms with Crippen LogP contribution in [-0.4, -0.2) is 54.4 Å². The van der Waals surface area contributed by atoms with Crippen molar-refractivity contribution in [3.63, 3.8) is 0 Å². The van der Waals surface area contributed by atoms with Crippen molar-refractivity contribution < 1.29 is 23.9 Å². The van der Waals surface area contributed by atoms with Gasteiger partial charge in [-0.15, -0.1) is 0 Å². The van der Waals surface area contributed by atoms with E-state index in [4.69, 9.17) is 21.1 Å². The van der Waals surface area contributed by atoms with Crippen molar-refractivity contribution in [2.24, 2.45) is 11.8 Å². The highest BCUT2D eigenvalue weighted by molar-refractivity contribution is 6.35. The molecule has 1 spiro atoms. The summed E-state index contributed by atoms with van der Waals surface area (Å²) in [5.74, 6) is -1.47. The van der Waals surface area contributed by atoms with Gasteiger partial charge in [0.1, 0.15) is 5.54 Å². The number of aromatic nitrogens is 1. The third-order valence-corrected chi connectivity index (χ3v) is 9.29. The topological polar surface area (TPSA) is 113 Å². The summed E-state index contributed by atoms with van der Waals surface area (Å²) < 4.78 is 10.8. The van der Waals surface area contributed by atoms with Gasteiger partial charge in [0, 0.05) is 35.2 Å². The summed E-state index contributed by atoms with van der Waals surface area (Å²) in [5.41, 5.74) is 2.55. The predicted octanol–water partition coefficient (Wildman–Crippen LogP) is 4.04. The van der Waals surface area contributed by atoms with Crippen molar-refractivity contribution in [1.82, 2.24) is 15.2 Å². The maximum atomic E-state index is 14.2. The summed E-state index contributed by atoms with van der Waals surface area (Å²) in [5, 5.41) is 7.84. The average molecular weight is 585 g/mol. The predicted molar refractivity (Wildman–Crippen MR) is 158 cm³/mol. The number of aromatic amines is 1. The maximum absolute atomic E-state index is 14.2. The number of anilines is 1. The molecule has 1 aromatic heterocycles. The number of ether oxygens (including phenoxy) is 2. The summed E-state index contributed by atoms with van der Waals surface area (Å²) in [7, 11) is 3.13. The van der Waals surface area contributed by atoms with Crippen molar-refractivity contribution >= 4 is 45.9 Å². The fourth-order valence-corrected chi connectivity index (χ4v) is 7.28. The van der Waals surface area contributed by atoms with E-state index in [0.717, 1.165) is 22.0 Å². The zero-order valence-corrected chi connectivity index (χ0v) is 23.8. The standard InChI is InChI=1S/C32H29ClN4O5/c1-41-24-11-10-17(14-25(24)42-2)12-13-37-29(38)26-23(15-18-16-34-22-9-4-3-6-19(18)22)36-32(27(26)30(37)39)20-7-5-8-21(33)28(20)35-31(32)40/h3-11,14,16,23,26-27,34,36H,12-13,15H2,1-2H3,(H,35,40)/t23-,26-,27+,32+/m1/s1. The molecular formula is C32H29ClN4O5. The SMILES string of the molecule is COc1ccc(CCN2C(=O)[C@H]3[C@@H](C2=O)[C@]2(N[C@@H]3Cc3c[nH]c4ccccc34)C(=O)Nc3c(Cl)cccc32)cc1OC. The van der Waals surface area contributed by atoms with Gasteiger partial charge in [0.2, 0.25) is 17.7 Å². The molecule has 3 aliphatic heterocycles. The average Bonchev–Trinajstić information content (AvgIpc) is 3.71. The maximum Gasteiger partial charge on any atom is 0.250 e. The van der Waals surface area contributed by atoms with Crippen LogP contribution in [0.15, 0.2) is 66.9 Å². The van der Waals surface area contributed by atoms with Crippen molar-refractivity contribution in [3.05, 3.63) is 88.6 Å². The second-order valence-electron chi connectivity index (χ2n) is 11.0. The summed E-state index contributed by atoms with van der Waals surface area (Å²) in [4.78, 5) is 46.8. The number of amides is 3. The minimum atomic E-state index is -1.41. The molecule has 3 aromatic carbocycles. The Kier molecular flexibility index (Phi) is 6.25. The number of imide groups is 1. The van der Waals surface area contributed by atoms with Gasteiger partial charge in [-0.3, -0.25) is 24.6 Å². The number of benzene rings is 3. The number of rotatable bonds is 7. The fourth-order valence-electron chi connectivity index (χ4n) is 7.06. The Bertz CT molecular complexity index is 1770. The molecule has 4 atom stereocenters. The van der Waals surface area contributed by atoms with E-state index < -0.39 is 23.4 Å². The molecule has 0 aliphatic carbocycles. The Balaban J connectivity index is 1.26. The minimum absolute atomic E-state index is 0.181. The van der Waals surface area contributed by atoms with E-state index in [1.165, 1.54) is 4.90 Å². The number of hydrogen-bond donors (Lipinski definition) is 3. The van der Waals surface area contributed by atoms with E-state index in [1.807, 2.05) is 42.6 Å². The molecule has 3 N–H and O–H groups in total. The van der Waals surface area contributed by atoms with E-state index in [9.17, 15) is 14.4 Å².